The molecule has 0 bridgehead atoms. The maximum atomic E-state index is 13.2. The van der Waals surface area contributed by atoms with Crippen molar-refractivity contribution in [3.63, 3.8) is 0 Å². The van der Waals surface area contributed by atoms with Crippen molar-refractivity contribution in [3.05, 3.63) is 29.6 Å². The molecule has 1 aromatic carbocycles. The number of carboxylic acids is 2. The normalized spacial score (nSPS) is 18.7. The molecule has 1 heterocycles. The van der Waals surface area contributed by atoms with Gasteiger partial charge in [-0.15, -0.1) is 0 Å². The van der Waals surface area contributed by atoms with Crippen LogP contribution < -0.4 is 4.90 Å². The topological polar surface area (TPSA) is 94.9 Å². The van der Waals surface area contributed by atoms with Gasteiger partial charge in [0.05, 0.1) is 17.2 Å². The molecule has 2 rings (SSSR count). The van der Waals surface area contributed by atoms with Crippen LogP contribution in [0, 0.1) is 11.7 Å². The zero-order valence-corrected chi connectivity index (χ0v) is 9.67. The van der Waals surface area contributed by atoms with Gasteiger partial charge in [-0.25, -0.2) is 9.18 Å². The minimum atomic E-state index is -1.30. The number of carbonyl (C=O) groups excluding carboxylic acids is 1. The fraction of sp³-hybridized carbons (Fsp3) is 0.250. The molecule has 1 aromatic rings. The highest BCUT2D eigenvalue weighted by molar-refractivity contribution is 6.04. The van der Waals surface area contributed by atoms with E-state index < -0.39 is 29.6 Å². The van der Waals surface area contributed by atoms with E-state index in [2.05, 4.69) is 0 Å². The summed E-state index contributed by atoms with van der Waals surface area (Å²) in [6, 6.07) is 2.95. The predicted octanol–water partition coefficient (Wildman–Crippen LogP) is 0.961. The molecule has 7 heteroatoms. The molecule has 6 nitrogen and oxygen atoms in total. The molecule has 100 valence electrons. The summed E-state index contributed by atoms with van der Waals surface area (Å²) in [5, 5.41) is 17.9. The van der Waals surface area contributed by atoms with Gasteiger partial charge in [0.25, 0.3) is 0 Å². The summed E-state index contributed by atoms with van der Waals surface area (Å²) < 4.78 is 13.2. The van der Waals surface area contributed by atoms with Gasteiger partial charge in [0, 0.05) is 13.0 Å². The second-order valence-corrected chi connectivity index (χ2v) is 4.21. The largest absolute Gasteiger partial charge is 0.481 e. The SMILES string of the molecule is O=C(O)c1ccc(F)cc1N1CC(C(=O)O)CC1=O. The van der Waals surface area contributed by atoms with E-state index in [0.717, 1.165) is 23.1 Å². The van der Waals surface area contributed by atoms with Gasteiger partial charge >= 0.3 is 11.9 Å². The number of aromatic carboxylic acids is 1. The highest BCUT2D eigenvalue weighted by atomic mass is 19.1. The van der Waals surface area contributed by atoms with Crippen molar-refractivity contribution in [2.75, 3.05) is 11.4 Å². The van der Waals surface area contributed by atoms with E-state index in [-0.39, 0.29) is 24.2 Å². The van der Waals surface area contributed by atoms with E-state index >= 15 is 0 Å². The third-order valence-corrected chi connectivity index (χ3v) is 2.96. The first kappa shape index (κ1) is 13.0. The molecule has 0 saturated carbocycles. The quantitative estimate of drug-likeness (QED) is 0.850. The zero-order valence-electron chi connectivity index (χ0n) is 9.67. The maximum Gasteiger partial charge on any atom is 0.337 e. The van der Waals surface area contributed by atoms with Crippen LogP contribution in [0.25, 0.3) is 0 Å². The fourth-order valence-corrected chi connectivity index (χ4v) is 2.01. The van der Waals surface area contributed by atoms with Crippen LogP contribution in [0.3, 0.4) is 0 Å². The van der Waals surface area contributed by atoms with Crippen LogP contribution in [0.1, 0.15) is 16.8 Å². The van der Waals surface area contributed by atoms with Crippen LogP contribution >= 0.6 is 0 Å². The molecular weight excluding hydrogens is 257 g/mol. The number of hydrogen-bond donors (Lipinski definition) is 2. The van der Waals surface area contributed by atoms with Gasteiger partial charge in [-0.1, -0.05) is 0 Å². The van der Waals surface area contributed by atoms with Gasteiger partial charge in [-0.05, 0) is 18.2 Å². The molecule has 1 unspecified atom stereocenters. The lowest BCUT2D eigenvalue weighted by Gasteiger charge is -2.18. The molecule has 1 atom stereocenters. The minimum Gasteiger partial charge on any atom is -0.481 e. The molecule has 1 amide bonds. The summed E-state index contributed by atoms with van der Waals surface area (Å²) in [6.45, 7) is -0.155. The van der Waals surface area contributed by atoms with Crippen molar-refractivity contribution in [1.82, 2.24) is 0 Å². The molecule has 2 N–H and O–H groups in total. The number of carboxylic acid groups (broad SMARTS) is 2. The molecule has 1 aliphatic heterocycles. The molecule has 19 heavy (non-hydrogen) atoms. The number of aliphatic carboxylic acids is 1. The minimum absolute atomic E-state index is 0.110. The van der Waals surface area contributed by atoms with Crippen LogP contribution in [0.2, 0.25) is 0 Å². The number of benzene rings is 1. The molecule has 0 spiro atoms. The first-order valence-corrected chi connectivity index (χ1v) is 5.46. The first-order chi connectivity index (χ1) is 8.90. The molecule has 1 saturated heterocycles. The summed E-state index contributed by atoms with van der Waals surface area (Å²) in [7, 11) is 0. The van der Waals surface area contributed by atoms with Crippen LogP contribution in [0.15, 0.2) is 18.2 Å². The lowest BCUT2D eigenvalue weighted by Crippen LogP contribution is -2.27. The summed E-state index contributed by atoms with van der Waals surface area (Å²) in [6.07, 6.45) is -0.217. The van der Waals surface area contributed by atoms with E-state index in [1.54, 1.807) is 0 Å². The van der Waals surface area contributed by atoms with Crippen LogP contribution in [0.4, 0.5) is 10.1 Å². The summed E-state index contributed by atoms with van der Waals surface area (Å²) in [5.74, 6) is -4.56. The fourth-order valence-electron chi connectivity index (χ4n) is 2.01. The van der Waals surface area contributed by atoms with Gasteiger partial charge in [-0.3, -0.25) is 9.59 Å². The first-order valence-electron chi connectivity index (χ1n) is 5.46. The number of rotatable bonds is 3. The lowest BCUT2D eigenvalue weighted by atomic mass is 10.1. The Hall–Kier alpha value is -2.44. The Bertz CT molecular complexity index is 571. The van der Waals surface area contributed by atoms with Gasteiger partial charge in [0.2, 0.25) is 5.91 Å². The van der Waals surface area contributed by atoms with E-state index in [1.807, 2.05) is 0 Å². The molecule has 1 fully saturated rings. The predicted molar refractivity (Wildman–Crippen MR) is 61.5 cm³/mol. The lowest BCUT2D eigenvalue weighted by molar-refractivity contribution is -0.141. The Labute approximate surface area is 107 Å². The zero-order chi connectivity index (χ0) is 14.2. The van der Waals surface area contributed by atoms with Crippen LogP contribution in [0.5, 0.6) is 0 Å². The smallest absolute Gasteiger partial charge is 0.337 e. The van der Waals surface area contributed by atoms with Gasteiger partial charge in [-0.2, -0.15) is 0 Å². The summed E-state index contributed by atoms with van der Waals surface area (Å²) >= 11 is 0. The Morgan fingerprint density at radius 3 is 2.53 bits per heavy atom. The monoisotopic (exact) mass is 267 g/mol. The highest BCUT2D eigenvalue weighted by Gasteiger charge is 2.36. The summed E-state index contributed by atoms with van der Waals surface area (Å²) in [5.41, 5.74) is -0.345. The van der Waals surface area contributed by atoms with Crippen molar-refractivity contribution >= 4 is 23.5 Å². The number of anilines is 1. The van der Waals surface area contributed by atoms with Crippen molar-refractivity contribution < 1.29 is 29.0 Å². The average molecular weight is 267 g/mol. The Morgan fingerprint density at radius 1 is 1.32 bits per heavy atom. The van der Waals surface area contributed by atoms with Crippen LogP contribution in [-0.4, -0.2) is 34.6 Å². The van der Waals surface area contributed by atoms with Gasteiger partial charge in [0.1, 0.15) is 5.82 Å². The standard InChI is InChI=1S/C12H10FNO5/c13-7-1-2-8(12(18)19)9(4-7)14-5-6(11(16)17)3-10(14)15/h1-2,4,6H,3,5H2,(H,16,17)(H,18,19). The van der Waals surface area contributed by atoms with Gasteiger partial charge < -0.3 is 15.1 Å². The number of nitrogens with zero attached hydrogens (tertiary/aromatic N) is 1. The van der Waals surface area contributed by atoms with E-state index in [9.17, 15) is 18.8 Å². The third kappa shape index (κ3) is 2.40. The van der Waals surface area contributed by atoms with E-state index in [4.69, 9.17) is 10.2 Å². The number of amides is 1. The van der Waals surface area contributed by atoms with Gasteiger partial charge in [0.15, 0.2) is 0 Å². The molecule has 1 aliphatic rings. The van der Waals surface area contributed by atoms with Crippen LogP contribution in [-0.2, 0) is 9.59 Å². The number of carbonyl (C=O) groups is 3. The number of halogens is 1. The van der Waals surface area contributed by atoms with E-state index in [0.29, 0.717) is 0 Å². The van der Waals surface area contributed by atoms with Crippen molar-refractivity contribution in [2.24, 2.45) is 5.92 Å². The maximum absolute atomic E-state index is 13.2. The second kappa shape index (κ2) is 4.68. The number of hydrogen-bond acceptors (Lipinski definition) is 3. The Kier molecular flexibility index (Phi) is 3.20. The van der Waals surface area contributed by atoms with Crippen molar-refractivity contribution in [2.45, 2.75) is 6.42 Å². The third-order valence-electron chi connectivity index (χ3n) is 2.96. The molecule has 0 radical (unpaired) electrons. The Morgan fingerprint density at radius 2 is 2.00 bits per heavy atom. The highest BCUT2D eigenvalue weighted by Crippen LogP contribution is 2.29. The van der Waals surface area contributed by atoms with Crippen molar-refractivity contribution in [3.8, 4) is 0 Å². The average Bonchev–Trinajstić information content (AvgIpc) is 2.71. The van der Waals surface area contributed by atoms with Crippen molar-refractivity contribution in [1.29, 1.82) is 0 Å². The van der Waals surface area contributed by atoms with E-state index in [1.165, 1.54) is 0 Å². The Balaban J connectivity index is 2.42. The molecule has 0 aromatic heterocycles. The molecular formula is C12H10FNO5. The second-order valence-electron chi connectivity index (χ2n) is 4.21. The summed E-state index contributed by atoms with van der Waals surface area (Å²) in [4.78, 5) is 34.6. The molecule has 0 aliphatic carbocycles.